The normalized spacial score (nSPS) is 9.17. The maximum Gasteiger partial charge on any atom is 0.238 e. The number of unbranched alkanes of at least 4 members (excludes halogenated alkanes) is 1. The number of carbonyl (C=O) groups excluding carboxylic acids is 2. The Morgan fingerprint density at radius 1 is 0.750 bits per heavy atom. The molecule has 0 bridgehead atoms. The van der Waals surface area contributed by atoms with Crippen molar-refractivity contribution in [3.8, 4) is 0 Å². The van der Waals surface area contributed by atoms with Crippen molar-refractivity contribution in [3.05, 3.63) is 25.3 Å². The van der Waals surface area contributed by atoms with E-state index in [9.17, 15) is 9.59 Å². The summed E-state index contributed by atoms with van der Waals surface area (Å²) in [6.45, 7) is 8.10. The van der Waals surface area contributed by atoms with Crippen LogP contribution in [0.3, 0.4) is 0 Å². The highest BCUT2D eigenvalue weighted by molar-refractivity contribution is 7.80. The van der Waals surface area contributed by atoms with Gasteiger partial charge in [-0.2, -0.15) is 0 Å². The lowest BCUT2D eigenvalue weighted by atomic mass is 10.2. The summed E-state index contributed by atoms with van der Waals surface area (Å²) in [7, 11) is 0. The Hall–Kier alpha value is -2.20. The van der Waals surface area contributed by atoms with Gasteiger partial charge in [0.05, 0.1) is 0 Å². The quantitative estimate of drug-likeness (QED) is 0.144. The monoisotopic (exact) mass is 372 g/mol. The van der Waals surface area contributed by atoms with Crippen molar-refractivity contribution in [3.63, 3.8) is 0 Å². The molecule has 0 saturated carbocycles. The first-order valence-corrected chi connectivity index (χ1v) is 8.18. The predicted molar refractivity (Wildman–Crippen MR) is 103 cm³/mol. The Balaban J connectivity index is 3.62. The third-order valence-electron chi connectivity index (χ3n) is 2.50. The summed E-state index contributed by atoms with van der Waals surface area (Å²) in [6.07, 6.45) is 5.03. The van der Waals surface area contributed by atoms with E-state index in [0.717, 1.165) is 0 Å². The molecule has 0 aliphatic rings. The van der Waals surface area contributed by atoms with Crippen LogP contribution in [0.5, 0.6) is 0 Å². The molecule has 0 aromatic heterocycles. The van der Waals surface area contributed by atoms with Crippen molar-refractivity contribution in [1.29, 1.82) is 0 Å². The number of hydrogen-bond donors (Lipinski definition) is 6. The van der Waals surface area contributed by atoms with Crippen molar-refractivity contribution in [1.82, 2.24) is 32.3 Å². The molecule has 134 valence electrons. The number of rotatable bonds is 9. The second-order valence-corrected chi connectivity index (χ2v) is 5.37. The van der Waals surface area contributed by atoms with Gasteiger partial charge in [-0.05, 0) is 37.3 Å². The van der Waals surface area contributed by atoms with Gasteiger partial charge in [0.2, 0.25) is 11.8 Å². The van der Waals surface area contributed by atoms with E-state index in [1.54, 1.807) is 12.2 Å². The van der Waals surface area contributed by atoms with Crippen LogP contribution in [0.2, 0.25) is 0 Å². The Morgan fingerprint density at radius 2 is 1.12 bits per heavy atom. The topological polar surface area (TPSA) is 106 Å². The molecule has 10 heteroatoms. The fourth-order valence-electron chi connectivity index (χ4n) is 1.37. The van der Waals surface area contributed by atoms with Crippen LogP contribution in [0.15, 0.2) is 25.3 Å². The van der Waals surface area contributed by atoms with Gasteiger partial charge in [0, 0.05) is 25.9 Å². The van der Waals surface area contributed by atoms with Crippen molar-refractivity contribution in [2.24, 2.45) is 0 Å². The first-order valence-electron chi connectivity index (χ1n) is 7.36. The average Bonchev–Trinajstić information content (AvgIpc) is 2.58. The molecule has 0 aliphatic heterocycles. The number of thiocarbonyl (C=S) groups is 2. The van der Waals surface area contributed by atoms with Gasteiger partial charge < -0.3 is 10.6 Å². The fourth-order valence-corrected chi connectivity index (χ4v) is 1.64. The van der Waals surface area contributed by atoms with E-state index in [1.165, 1.54) is 0 Å². The zero-order chi connectivity index (χ0) is 18.2. The van der Waals surface area contributed by atoms with E-state index < -0.39 is 0 Å². The van der Waals surface area contributed by atoms with Gasteiger partial charge >= 0.3 is 0 Å². The molecule has 0 fully saturated rings. The standard InChI is InChI=1S/C14H24N6O2S2/c1-3-9-15-13(23)19-17-11(21)7-5-6-8-12(22)18-20-14(24)16-10-4-2/h3-4H,1-2,5-10H2,(H,17,21)(H,18,22)(H2,15,19,23)(H2,16,20,24). The number of hydrogen-bond acceptors (Lipinski definition) is 4. The number of hydrazine groups is 2. The minimum Gasteiger partial charge on any atom is -0.358 e. The molecule has 6 N–H and O–H groups in total. The molecule has 0 unspecified atom stereocenters. The summed E-state index contributed by atoms with van der Waals surface area (Å²) in [5, 5.41) is 6.25. The molecule has 8 nitrogen and oxygen atoms in total. The van der Waals surface area contributed by atoms with Crippen LogP contribution in [0.4, 0.5) is 0 Å². The highest BCUT2D eigenvalue weighted by Crippen LogP contribution is 1.99. The second kappa shape index (κ2) is 14.4. The third-order valence-corrected chi connectivity index (χ3v) is 3.00. The van der Waals surface area contributed by atoms with Crippen molar-refractivity contribution < 1.29 is 9.59 Å². The van der Waals surface area contributed by atoms with Crippen LogP contribution in [-0.4, -0.2) is 35.1 Å². The summed E-state index contributed by atoms with van der Waals surface area (Å²) >= 11 is 9.84. The molecule has 0 heterocycles. The maximum absolute atomic E-state index is 11.6. The summed E-state index contributed by atoms with van der Waals surface area (Å²) < 4.78 is 0. The smallest absolute Gasteiger partial charge is 0.238 e. The van der Waals surface area contributed by atoms with E-state index in [0.29, 0.717) is 36.2 Å². The second-order valence-electron chi connectivity index (χ2n) is 4.55. The molecule has 0 saturated heterocycles. The minimum atomic E-state index is -0.203. The van der Waals surface area contributed by atoms with E-state index in [4.69, 9.17) is 24.4 Å². The van der Waals surface area contributed by atoms with Gasteiger partial charge in [0.15, 0.2) is 10.2 Å². The van der Waals surface area contributed by atoms with Gasteiger partial charge in [-0.15, -0.1) is 13.2 Å². The SMILES string of the molecule is C=CCNC(=S)NNC(=O)CCCCC(=O)NNC(=S)NCC=C. The lowest BCUT2D eigenvalue weighted by Gasteiger charge is -2.11. The summed E-state index contributed by atoms with van der Waals surface area (Å²) in [5.41, 5.74) is 10.1. The van der Waals surface area contributed by atoms with E-state index in [2.05, 4.69) is 45.5 Å². The van der Waals surface area contributed by atoms with E-state index >= 15 is 0 Å². The Bertz CT molecular complexity index is 428. The van der Waals surface area contributed by atoms with Gasteiger partial charge in [-0.3, -0.25) is 31.3 Å². The molecule has 0 rings (SSSR count). The van der Waals surface area contributed by atoms with Crippen LogP contribution in [-0.2, 0) is 9.59 Å². The molecular weight excluding hydrogens is 348 g/mol. The third kappa shape index (κ3) is 13.5. The number of carbonyl (C=O) groups is 2. The maximum atomic E-state index is 11.6. The molecule has 0 atom stereocenters. The first kappa shape index (κ1) is 21.8. The largest absolute Gasteiger partial charge is 0.358 e. The highest BCUT2D eigenvalue weighted by Gasteiger charge is 2.05. The summed E-state index contributed by atoms with van der Waals surface area (Å²) in [4.78, 5) is 23.1. The van der Waals surface area contributed by atoms with Gasteiger partial charge in [-0.25, -0.2) is 0 Å². The van der Waals surface area contributed by atoms with Gasteiger partial charge in [-0.1, -0.05) is 12.2 Å². The van der Waals surface area contributed by atoms with Crippen LogP contribution in [0.25, 0.3) is 0 Å². The van der Waals surface area contributed by atoms with Crippen LogP contribution >= 0.6 is 24.4 Å². The summed E-state index contributed by atoms with van der Waals surface area (Å²) in [5.74, 6) is -0.405. The Labute approximate surface area is 152 Å². The molecule has 0 spiro atoms. The summed E-state index contributed by atoms with van der Waals surface area (Å²) in [6, 6.07) is 0. The first-order chi connectivity index (χ1) is 11.5. The molecule has 24 heavy (non-hydrogen) atoms. The van der Waals surface area contributed by atoms with E-state index in [-0.39, 0.29) is 24.7 Å². The number of amides is 2. The molecular formula is C14H24N6O2S2. The van der Waals surface area contributed by atoms with Crippen LogP contribution in [0.1, 0.15) is 25.7 Å². The van der Waals surface area contributed by atoms with Crippen molar-refractivity contribution >= 4 is 46.5 Å². The fraction of sp³-hybridized carbons (Fsp3) is 0.429. The molecule has 0 aromatic rings. The molecule has 0 aromatic carbocycles. The Kier molecular flexibility index (Phi) is 13.1. The zero-order valence-corrected chi connectivity index (χ0v) is 15.1. The molecule has 0 radical (unpaired) electrons. The molecule has 2 amide bonds. The van der Waals surface area contributed by atoms with Crippen molar-refractivity contribution in [2.45, 2.75) is 25.7 Å². The zero-order valence-electron chi connectivity index (χ0n) is 13.4. The lowest BCUT2D eigenvalue weighted by molar-refractivity contribution is -0.123. The highest BCUT2D eigenvalue weighted by atomic mass is 32.1. The van der Waals surface area contributed by atoms with E-state index in [1.807, 2.05) is 0 Å². The lowest BCUT2D eigenvalue weighted by Crippen LogP contribution is -2.47. The Morgan fingerprint density at radius 3 is 1.46 bits per heavy atom. The van der Waals surface area contributed by atoms with Crippen LogP contribution in [0, 0.1) is 0 Å². The predicted octanol–water partition coefficient (Wildman–Crippen LogP) is -0.0906. The number of nitrogens with one attached hydrogen (secondary N) is 6. The van der Waals surface area contributed by atoms with Gasteiger partial charge in [0.25, 0.3) is 0 Å². The van der Waals surface area contributed by atoms with Crippen LogP contribution < -0.4 is 32.3 Å². The molecule has 0 aliphatic carbocycles. The average molecular weight is 373 g/mol. The van der Waals surface area contributed by atoms with Gasteiger partial charge in [0.1, 0.15) is 0 Å². The van der Waals surface area contributed by atoms with Crippen molar-refractivity contribution in [2.75, 3.05) is 13.1 Å². The minimum absolute atomic E-state index is 0.203.